The van der Waals surface area contributed by atoms with E-state index in [0.717, 1.165) is 33.7 Å². The van der Waals surface area contributed by atoms with Gasteiger partial charge in [-0.3, -0.25) is 0 Å². The van der Waals surface area contributed by atoms with Crippen molar-refractivity contribution < 1.29 is 9.47 Å². The molecule has 0 unspecified atom stereocenters. The molecular weight excluding hydrogens is 369 g/mol. The van der Waals surface area contributed by atoms with Crippen LogP contribution in [0.2, 0.25) is 0 Å². The van der Waals surface area contributed by atoms with E-state index in [1.54, 1.807) is 7.11 Å². The summed E-state index contributed by atoms with van der Waals surface area (Å²) in [5.74, 6) is 2.00. The van der Waals surface area contributed by atoms with Gasteiger partial charge in [-0.25, -0.2) is 9.97 Å². The van der Waals surface area contributed by atoms with Crippen molar-refractivity contribution in [2.24, 2.45) is 0 Å². The number of aromatic nitrogens is 2. The van der Waals surface area contributed by atoms with Crippen LogP contribution in [0.15, 0.2) is 0 Å². The zero-order chi connectivity index (χ0) is 14.8. The lowest BCUT2D eigenvalue weighted by Crippen LogP contribution is -2.38. The summed E-state index contributed by atoms with van der Waals surface area (Å²) >= 11 is 2.31. The molecule has 1 saturated heterocycles. The van der Waals surface area contributed by atoms with Crippen LogP contribution in [0.3, 0.4) is 0 Å². The van der Waals surface area contributed by atoms with E-state index >= 15 is 0 Å². The fourth-order valence-corrected chi connectivity index (χ4v) is 3.57. The van der Waals surface area contributed by atoms with Crippen LogP contribution in [0.25, 0.3) is 0 Å². The molecule has 0 amide bonds. The number of hydrogen-bond donors (Lipinski definition) is 1. The fourth-order valence-electron chi connectivity index (χ4n) is 2.44. The van der Waals surface area contributed by atoms with Gasteiger partial charge in [0.25, 0.3) is 0 Å². The monoisotopic (exact) mass is 391 g/mol. The second kappa shape index (κ2) is 6.53. The van der Waals surface area contributed by atoms with Crippen molar-refractivity contribution in [2.45, 2.75) is 38.2 Å². The highest BCUT2D eigenvalue weighted by atomic mass is 127. The highest BCUT2D eigenvalue weighted by Gasteiger charge is 2.38. The first-order chi connectivity index (χ1) is 9.54. The lowest BCUT2D eigenvalue weighted by Gasteiger charge is -2.35. The molecule has 0 spiro atoms. The minimum atomic E-state index is -0.419. The highest BCUT2D eigenvalue weighted by molar-refractivity contribution is 14.1. The molecule has 0 saturated carbocycles. The van der Waals surface area contributed by atoms with Crippen LogP contribution in [0, 0.1) is 3.57 Å². The van der Waals surface area contributed by atoms with Crippen LogP contribution in [-0.4, -0.2) is 37.3 Å². The molecule has 1 fully saturated rings. The molecule has 1 aromatic heterocycles. The summed E-state index contributed by atoms with van der Waals surface area (Å²) in [5, 5.41) is 3.17. The number of anilines is 1. The van der Waals surface area contributed by atoms with Crippen LogP contribution in [0.5, 0.6) is 0 Å². The van der Waals surface area contributed by atoms with Crippen molar-refractivity contribution in [2.75, 3.05) is 32.7 Å². The summed E-state index contributed by atoms with van der Waals surface area (Å²) in [7, 11) is 3.63. The molecule has 20 heavy (non-hydrogen) atoms. The quantitative estimate of drug-likeness (QED) is 0.800. The third-order valence-electron chi connectivity index (χ3n) is 3.76. The molecule has 0 radical (unpaired) electrons. The molecule has 2 heterocycles. The number of halogens is 1. The molecule has 112 valence electrons. The smallest absolute Gasteiger partial charge is 0.163 e. The van der Waals surface area contributed by atoms with E-state index in [1.807, 2.05) is 7.05 Å². The Hall–Kier alpha value is -0.470. The molecule has 0 aliphatic carbocycles. The van der Waals surface area contributed by atoms with Gasteiger partial charge in [-0.15, -0.1) is 0 Å². The van der Waals surface area contributed by atoms with Crippen LogP contribution in [-0.2, 0) is 15.1 Å². The van der Waals surface area contributed by atoms with Gasteiger partial charge in [0.2, 0.25) is 0 Å². The van der Waals surface area contributed by atoms with Crippen molar-refractivity contribution in [1.29, 1.82) is 0 Å². The Kier molecular flexibility index (Phi) is 5.19. The van der Waals surface area contributed by atoms with Crippen LogP contribution >= 0.6 is 22.6 Å². The van der Waals surface area contributed by atoms with E-state index in [1.165, 1.54) is 0 Å². The Bertz CT molecular complexity index is 474. The summed E-state index contributed by atoms with van der Waals surface area (Å²) in [4.78, 5) is 9.50. The molecule has 0 atom stereocenters. The van der Waals surface area contributed by atoms with E-state index in [9.17, 15) is 0 Å². The van der Waals surface area contributed by atoms with Crippen molar-refractivity contribution in [3.8, 4) is 0 Å². The largest absolute Gasteiger partial charge is 0.381 e. The number of nitrogens with zero attached hydrogens (tertiary/aromatic N) is 2. The first-order valence-electron chi connectivity index (χ1n) is 6.92. The molecule has 6 heteroatoms. The van der Waals surface area contributed by atoms with Gasteiger partial charge >= 0.3 is 0 Å². The minimum absolute atomic E-state index is 0.351. The Balaban J connectivity index is 2.52. The second-order valence-electron chi connectivity index (χ2n) is 5.31. The predicted molar refractivity (Wildman–Crippen MR) is 87.1 cm³/mol. The van der Waals surface area contributed by atoms with E-state index in [2.05, 4.69) is 41.8 Å². The molecule has 1 aliphatic rings. The molecule has 0 aromatic carbocycles. The van der Waals surface area contributed by atoms with Gasteiger partial charge in [0, 0.05) is 40.2 Å². The number of hydrogen-bond acceptors (Lipinski definition) is 5. The first-order valence-corrected chi connectivity index (χ1v) is 8.00. The summed E-state index contributed by atoms with van der Waals surface area (Å²) in [6.07, 6.45) is 1.59. The van der Waals surface area contributed by atoms with E-state index in [0.29, 0.717) is 19.1 Å². The zero-order valence-electron chi connectivity index (χ0n) is 12.5. The van der Waals surface area contributed by atoms with Gasteiger partial charge in [-0.05, 0) is 28.5 Å². The Morgan fingerprint density at radius 1 is 1.30 bits per heavy atom. The Labute approximate surface area is 134 Å². The molecule has 0 bridgehead atoms. The second-order valence-corrected chi connectivity index (χ2v) is 6.39. The number of ether oxygens (including phenoxy) is 2. The van der Waals surface area contributed by atoms with Gasteiger partial charge in [0.05, 0.1) is 9.26 Å². The van der Waals surface area contributed by atoms with E-state index in [4.69, 9.17) is 19.4 Å². The van der Waals surface area contributed by atoms with Crippen molar-refractivity contribution >= 4 is 28.4 Å². The van der Waals surface area contributed by atoms with Gasteiger partial charge in [0.15, 0.2) is 5.82 Å². The first kappa shape index (κ1) is 15.9. The van der Waals surface area contributed by atoms with E-state index in [-0.39, 0.29) is 0 Å². The minimum Gasteiger partial charge on any atom is -0.381 e. The van der Waals surface area contributed by atoms with Crippen molar-refractivity contribution in [1.82, 2.24) is 9.97 Å². The zero-order valence-corrected chi connectivity index (χ0v) is 14.7. The Morgan fingerprint density at radius 2 is 1.95 bits per heavy atom. The maximum absolute atomic E-state index is 5.80. The number of nitrogens with one attached hydrogen (secondary N) is 1. The lowest BCUT2D eigenvalue weighted by molar-refractivity contribution is -0.100. The molecule has 1 N–H and O–H groups in total. The summed E-state index contributed by atoms with van der Waals surface area (Å²) in [6.45, 7) is 5.68. The maximum atomic E-state index is 5.80. The van der Waals surface area contributed by atoms with Crippen molar-refractivity contribution in [3.05, 3.63) is 15.1 Å². The van der Waals surface area contributed by atoms with Gasteiger partial charge in [-0.1, -0.05) is 13.8 Å². The normalized spacial score (nSPS) is 18.3. The maximum Gasteiger partial charge on any atom is 0.163 e. The summed E-state index contributed by atoms with van der Waals surface area (Å²) in [6, 6.07) is 0. The fraction of sp³-hybridized carbons (Fsp3) is 0.714. The van der Waals surface area contributed by atoms with Crippen LogP contribution < -0.4 is 5.32 Å². The van der Waals surface area contributed by atoms with Crippen molar-refractivity contribution in [3.63, 3.8) is 0 Å². The standard InChI is InChI=1S/C14H22IN3O2/c1-9(2)11-10(15)12(16-3)18-13(17-11)14(19-4)5-7-20-8-6-14/h9H,5-8H2,1-4H3,(H,16,17,18). The molecular formula is C14H22IN3O2. The molecule has 5 nitrogen and oxygen atoms in total. The number of methoxy groups -OCH3 is 1. The lowest BCUT2D eigenvalue weighted by atomic mass is 9.92. The van der Waals surface area contributed by atoms with E-state index < -0.39 is 5.60 Å². The third kappa shape index (κ3) is 2.92. The molecule has 1 aromatic rings. The van der Waals surface area contributed by atoms with Gasteiger partial charge < -0.3 is 14.8 Å². The molecule has 2 rings (SSSR count). The number of rotatable bonds is 4. The molecule has 1 aliphatic heterocycles. The predicted octanol–water partition coefficient (Wildman–Crippen LogP) is 2.90. The third-order valence-corrected chi connectivity index (χ3v) is 4.82. The summed E-state index contributed by atoms with van der Waals surface area (Å²) in [5.41, 5.74) is 0.653. The van der Waals surface area contributed by atoms with Crippen LogP contribution in [0.1, 0.15) is 44.1 Å². The van der Waals surface area contributed by atoms with Gasteiger partial charge in [0.1, 0.15) is 11.4 Å². The average Bonchev–Trinajstić information content (AvgIpc) is 2.47. The topological polar surface area (TPSA) is 56.3 Å². The van der Waals surface area contributed by atoms with Crippen LogP contribution in [0.4, 0.5) is 5.82 Å². The van der Waals surface area contributed by atoms with Gasteiger partial charge in [-0.2, -0.15) is 0 Å². The average molecular weight is 391 g/mol. The SMILES string of the molecule is CNc1nc(C2(OC)CCOCC2)nc(C(C)C)c1I. The highest BCUT2D eigenvalue weighted by Crippen LogP contribution is 2.36. The Morgan fingerprint density at radius 3 is 2.45 bits per heavy atom. The summed E-state index contributed by atoms with van der Waals surface area (Å²) < 4.78 is 12.3.